The second-order valence-electron chi connectivity index (χ2n) is 8.38. The van der Waals surface area contributed by atoms with Crippen LogP contribution in [0.1, 0.15) is 23.1 Å². The molecule has 7 nitrogen and oxygen atoms in total. The molecule has 0 spiro atoms. The van der Waals surface area contributed by atoms with Gasteiger partial charge in [0.2, 0.25) is 5.91 Å². The first kappa shape index (κ1) is 26.4. The van der Waals surface area contributed by atoms with Gasteiger partial charge < -0.3 is 23.8 Å². The summed E-state index contributed by atoms with van der Waals surface area (Å²) in [7, 11) is 8.05. The van der Waals surface area contributed by atoms with E-state index in [2.05, 4.69) is 6.07 Å². The summed E-state index contributed by atoms with van der Waals surface area (Å²) in [6.07, 6.45) is 0.606. The van der Waals surface area contributed by atoms with Crippen LogP contribution in [0.2, 0.25) is 0 Å². The van der Waals surface area contributed by atoms with E-state index < -0.39 is 5.41 Å². The van der Waals surface area contributed by atoms with Crippen LogP contribution in [0.5, 0.6) is 23.0 Å². The van der Waals surface area contributed by atoms with Crippen LogP contribution in [0.15, 0.2) is 66.7 Å². The number of rotatable bonds is 11. The molecule has 1 atom stereocenters. The van der Waals surface area contributed by atoms with E-state index in [0.717, 1.165) is 11.1 Å². The maximum Gasteiger partial charge on any atom is 0.224 e. The molecule has 188 valence electrons. The van der Waals surface area contributed by atoms with E-state index in [0.29, 0.717) is 41.5 Å². The first-order valence-corrected chi connectivity index (χ1v) is 11.6. The number of carbonyl (C=O) groups excluding carboxylic acids is 1. The van der Waals surface area contributed by atoms with E-state index in [1.807, 2.05) is 54.6 Å². The van der Waals surface area contributed by atoms with Crippen molar-refractivity contribution in [2.24, 2.45) is 0 Å². The predicted octanol–water partition coefficient (Wildman–Crippen LogP) is 4.62. The summed E-state index contributed by atoms with van der Waals surface area (Å²) in [5.41, 5.74) is 1.22. The lowest BCUT2D eigenvalue weighted by molar-refractivity contribution is -0.130. The molecule has 1 amide bonds. The van der Waals surface area contributed by atoms with Crippen LogP contribution in [-0.4, -0.2) is 52.8 Å². The maximum absolute atomic E-state index is 13.5. The van der Waals surface area contributed by atoms with Crippen molar-refractivity contribution >= 4 is 5.91 Å². The van der Waals surface area contributed by atoms with Crippen LogP contribution in [0.4, 0.5) is 0 Å². The quantitative estimate of drug-likeness (QED) is 0.392. The number of amides is 1. The second kappa shape index (κ2) is 12.0. The van der Waals surface area contributed by atoms with Crippen LogP contribution in [0, 0.1) is 11.3 Å². The molecule has 0 fully saturated rings. The number of hydrogen-bond donors (Lipinski definition) is 0. The zero-order valence-corrected chi connectivity index (χ0v) is 21.4. The lowest BCUT2D eigenvalue weighted by Gasteiger charge is -2.30. The van der Waals surface area contributed by atoms with Crippen molar-refractivity contribution in [1.82, 2.24) is 4.90 Å². The van der Waals surface area contributed by atoms with Gasteiger partial charge in [-0.15, -0.1) is 0 Å². The fourth-order valence-electron chi connectivity index (χ4n) is 4.18. The number of nitriles is 1. The summed E-state index contributed by atoms with van der Waals surface area (Å²) in [4.78, 5) is 15.1. The molecule has 0 heterocycles. The van der Waals surface area contributed by atoms with Gasteiger partial charge in [-0.05, 0) is 47.4 Å². The monoisotopic (exact) mass is 488 g/mol. The Bertz CT molecular complexity index is 1220. The van der Waals surface area contributed by atoms with Crippen LogP contribution >= 0.6 is 0 Å². The first-order valence-electron chi connectivity index (χ1n) is 11.6. The Kier molecular flexibility index (Phi) is 8.80. The van der Waals surface area contributed by atoms with Gasteiger partial charge >= 0.3 is 0 Å². The number of carbonyl (C=O) groups is 1. The maximum atomic E-state index is 13.5. The van der Waals surface area contributed by atoms with Crippen molar-refractivity contribution in [2.75, 3.05) is 42.0 Å². The molecule has 3 rings (SSSR count). The van der Waals surface area contributed by atoms with Crippen LogP contribution in [0.3, 0.4) is 0 Å². The predicted molar refractivity (Wildman–Crippen MR) is 138 cm³/mol. The Balaban J connectivity index is 1.88. The highest BCUT2D eigenvalue weighted by Crippen LogP contribution is 2.40. The minimum atomic E-state index is -1.20. The van der Waals surface area contributed by atoms with Crippen LogP contribution < -0.4 is 18.9 Å². The van der Waals surface area contributed by atoms with Gasteiger partial charge in [-0.25, -0.2) is 0 Å². The molecule has 0 radical (unpaired) electrons. The third-order valence-corrected chi connectivity index (χ3v) is 6.36. The molecule has 0 N–H and O–H groups in total. The third kappa shape index (κ3) is 5.55. The van der Waals surface area contributed by atoms with Gasteiger partial charge in [-0.2, -0.15) is 5.26 Å². The highest BCUT2D eigenvalue weighted by atomic mass is 16.5. The molecule has 0 aliphatic carbocycles. The zero-order chi connectivity index (χ0) is 26.1. The van der Waals surface area contributed by atoms with E-state index in [1.54, 1.807) is 52.5 Å². The highest BCUT2D eigenvalue weighted by molar-refractivity contribution is 5.80. The van der Waals surface area contributed by atoms with Crippen LogP contribution in [-0.2, 0) is 16.6 Å². The molecule has 0 aliphatic rings. The molecule has 7 heteroatoms. The molecular weight excluding hydrogens is 456 g/mol. The Labute approximate surface area is 212 Å². The summed E-state index contributed by atoms with van der Waals surface area (Å²) in [5, 5.41) is 10.5. The number of ether oxygens (including phenoxy) is 4. The SMILES string of the molecule is COc1ccc(CCN(C)C(=O)C[C@](C#N)(c2ccccc2)c2ccc(OC)c(OC)c2)cc1OC. The van der Waals surface area contributed by atoms with Crippen molar-refractivity contribution in [2.45, 2.75) is 18.3 Å². The van der Waals surface area contributed by atoms with Crippen molar-refractivity contribution < 1.29 is 23.7 Å². The summed E-state index contributed by atoms with van der Waals surface area (Å²) >= 11 is 0. The molecule has 3 aromatic carbocycles. The summed E-state index contributed by atoms with van der Waals surface area (Å²) < 4.78 is 21.5. The number of methoxy groups -OCH3 is 4. The van der Waals surface area contributed by atoms with Gasteiger partial charge in [-0.1, -0.05) is 42.5 Å². The topological polar surface area (TPSA) is 81.0 Å². The van der Waals surface area contributed by atoms with E-state index in [-0.39, 0.29) is 12.3 Å². The molecule has 0 aliphatic heterocycles. The lowest BCUT2D eigenvalue weighted by Crippen LogP contribution is -2.37. The van der Waals surface area contributed by atoms with Crippen molar-refractivity contribution in [3.8, 4) is 29.1 Å². The molecular formula is C29H32N2O5. The standard InChI is InChI=1S/C29H32N2O5/c1-31(16-15-21-11-13-24(33-2)26(17-21)35-4)28(32)19-29(20-30,22-9-7-6-8-10-22)23-12-14-25(34-3)27(18-23)36-5/h6-14,17-18H,15-16,19H2,1-5H3/t29-/m0/s1. The minimum absolute atomic E-state index is 0.0224. The fraction of sp³-hybridized carbons (Fsp3) is 0.310. The third-order valence-electron chi connectivity index (χ3n) is 6.36. The lowest BCUT2D eigenvalue weighted by atomic mass is 9.72. The number of hydrogen-bond acceptors (Lipinski definition) is 6. The number of nitrogens with zero attached hydrogens (tertiary/aromatic N) is 2. The Morgan fingerprint density at radius 2 is 1.39 bits per heavy atom. The average molecular weight is 489 g/mol. The van der Waals surface area contributed by atoms with E-state index in [9.17, 15) is 10.1 Å². The number of benzene rings is 3. The van der Waals surface area contributed by atoms with E-state index >= 15 is 0 Å². The molecule has 0 saturated carbocycles. The minimum Gasteiger partial charge on any atom is -0.493 e. The molecule has 0 bridgehead atoms. The van der Waals surface area contributed by atoms with Gasteiger partial charge in [0.25, 0.3) is 0 Å². The molecule has 0 unspecified atom stereocenters. The van der Waals surface area contributed by atoms with Gasteiger partial charge in [0.15, 0.2) is 23.0 Å². The fourth-order valence-corrected chi connectivity index (χ4v) is 4.18. The van der Waals surface area contributed by atoms with Crippen LogP contribution in [0.25, 0.3) is 0 Å². The Morgan fingerprint density at radius 3 is 1.97 bits per heavy atom. The summed E-state index contributed by atoms with van der Waals surface area (Å²) in [6, 6.07) is 22.9. The summed E-state index contributed by atoms with van der Waals surface area (Å²) in [6.45, 7) is 0.483. The van der Waals surface area contributed by atoms with Crippen molar-refractivity contribution in [3.63, 3.8) is 0 Å². The molecule has 0 aromatic heterocycles. The van der Waals surface area contributed by atoms with Gasteiger partial charge in [-0.3, -0.25) is 4.79 Å². The molecule has 0 saturated heterocycles. The largest absolute Gasteiger partial charge is 0.493 e. The zero-order valence-electron chi connectivity index (χ0n) is 21.4. The van der Waals surface area contributed by atoms with E-state index in [1.165, 1.54) is 0 Å². The first-order chi connectivity index (χ1) is 17.4. The Hall–Kier alpha value is -4.18. The van der Waals surface area contributed by atoms with E-state index in [4.69, 9.17) is 18.9 Å². The number of likely N-dealkylation sites (N-methyl/N-ethyl adjacent to an activating group) is 1. The second-order valence-corrected chi connectivity index (χ2v) is 8.38. The van der Waals surface area contributed by atoms with Crippen molar-refractivity contribution in [1.29, 1.82) is 5.26 Å². The molecule has 36 heavy (non-hydrogen) atoms. The Morgan fingerprint density at radius 1 is 0.806 bits per heavy atom. The van der Waals surface area contributed by atoms with Gasteiger partial charge in [0.05, 0.1) is 40.9 Å². The van der Waals surface area contributed by atoms with Crippen molar-refractivity contribution in [3.05, 3.63) is 83.4 Å². The molecule has 3 aromatic rings. The van der Waals surface area contributed by atoms with Gasteiger partial charge in [0, 0.05) is 13.6 Å². The van der Waals surface area contributed by atoms with Gasteiger partial charge in [0.1, 0.15) is 5.41 Å². The smallest absolute Gasteiger partial charge is 0.224 e. The average Bonchev–Trinajstić information content (AvgIpc) is 2.94. The highest BCUT2D eigenvalue weighted by Gasteiger charge is 2.38. The normalized spacial score (nSPS) is 12.1. The summed E-state index contributed by atoms with van der Waals surface area (Å²) in [5.74, 6) is 2.21.